The molecule has 0 bridgehead atoms. The second-order valence-electron chi connectivity index (χ2n) is 4.62. The molecule has 106 valence electrons. The molecular weight excluding hydrogens is 266 g/mol. The van der Waals surface area contributed by atoms with Crippen molar-refractivity contribution in [2.24, 2.45) is 0 Å². The lowest BCUT2D eigenvalue weighted by atomic mass is 10.1. The summed E-state index contributed by atoms with van der Waals surface area (Å²) in [7, 11) is 0. The van der Waals surface area contributed by atoms with E-state index in [1.165, 1.54) is 25.3 Å². The Balaban J connectivity index is 2.61. The van der Waals surface area contributed by atoms with Crippen molar-refractivity contribution < 1.29 is 9.66 Å². The van der Waals surface area contributed by atoms with Crippen LogP contribution in [-0.4, -0.2) is 11.0 Å². The van der Waals surface area contributed by atoms with E-state index in [1.54, 1.807) is 12.1 Å². The number of halogens is 1. The van der Waals surface area contributed by atoms with Crippen LogP contribution in [-0.2, 0) is 0 Å². The number of nitro benzene ring substituents is 1. The fraction of sp³-hybridized carbons (Fsp3) is 0.571. The molecule has 0 heterocycles. The van der Waals surface area contributed by atoms with Crippen LogP contribution in [0.15, 0.2) is 18.2 Å². The van der Waals surface area contributed by atoms with Gasteiger partial charge in [0.2, 0.25) is 0 Å². The fourth-order valence-corrected chi connectivity index (χ4v) is 2.14. The molecule has 1 aromatic rings. The molecule has 1 rings (SSSR count). The Bertz CT molecular complexity index is 423. The largest absolute Gasteiger partial charge is 0.484 e. The van der Waals surface area contributed by atoms with Crippen LogP contribution < -0.4 is 4.74 Å². The first-order chi connectivity index (χ1) is 9.06. The maximum absolute atomic E-state index is 11.0. The molecular formula is C14H20ClNO3. The third-order valence-corrected chi connectivity index (χ3v) is 3.23. The van der Waals surface area contributed by atoms with Crippen molar-refractivity contribution in [1.82, 2.24) is 0 Å². The summed E-state index contributed by atoms with van der Waals surface area (Å²) < 4.78 is 5.64. The molecule has 5 heteroatoms. The van der Waals surface area contributed by atoms with Gasteiger partial charge in [-0.2, -0.15) is 0 Å². The number of nitro groups is 1. The SMILES string of the molecule is CCCCCCC(C)Oc1cccc(Cl)c1[N+](=O)[O-]. The fourth-order valence-electron chi connectivity index (χ4n) is 1.90. The summed E-state index contributed by atoms with van der Waals surface area (Å²) in [5, 5.41) is 11.1. The Kier molecular flexibility index (Phi) is 6.64. The van der Waals surface area contributed by atoms with Crippen molar-refractivity contribution in [3.63, 3.8) is 0 Å². The summed E-state index contributed by atoms with van der Waals surface area (Å²) in [6, 6.07) is 4.75. The van der Waals surface area contributed by atoms with Gasteiger partial charge < -0.3 is 4.74 Å². The predicted molar refractivity (Wildman–Crippen MR) is 77.0 cm³/mol. The number of ether oxygens (including phenoxy) is 1. The van der Waals surface area contributed by atoms with Gasteiger partial charge in [0.05, 0.1) is 11.0 Å². The first kappa shape index (κ1) is 15.8. The summed E-state index contributed by atoms with van der Waals surface area (Å²) in [5.41, 5.74) is -0.149. The third kappa shape index (κ3) is 5.07. The van der Waals surface area contributed by atoms with Crippen LogP contribution in [0.3, 0.4) is 0 Å². The highest BCUT2D eigenvalue weighted by molar-refractivity contribution is 6.32. The van der Waals surface area contributed by atoms with Crippen LogP contribution in [0.25, 0.3) is 0 Å². The molecule has 1 atom stereocenters. The molecule has 1 unspecified atom stereocenters. The average molecular weight is 286 g/mol. The van der Waals surface area contributed by atoms with Crippen molar-refractivity contribution in [3.8, 4) is 5.75 Å². The molecule has 0 aliphatic heterocycles. The van der Waals surface area contributed by atoms with E-state index in [1.807, 2.05) is 6.92 Å². The number of para-hydroxylation sites is 1. The van der Waals surface area contributed by atoms with Crippen molar-refractivity contribution in [1.29, 1.82) is 0 Å². The van der Waals surface area contributed by atoms with Gasteiger partial charge in [0, 0.05) is 0 Å². The summed E-state index contributed by atoms with van der Waals surface area (Å²) >= 11 is 5.83. The molecule has 1 aromatic carbocycles. The molecule has 0 saturated heterocycles. The lowest BCUT2D eigenvalue weighted by molar-refractivity contribution is -0.385. The van der Waals surface area contributed by atoms with Crippen molar-refractivity contribution in [3.05, 3.63) is 33.3 Å². The number of rotatable bonds is 8. The minimum absolute atomic E-state index is 0.0472. The monoisotopic (exact) mass is 285 g/mol. The van der Waals surface area contributed by atoms with Gasteiger partial charge in [0.1, 0.15) is 5.02 Å². The van der Waals surface area contributed by atoms with Crippen LogP contribution in [0.1, 0.15) is 46.0 Å². The molecule has 0 aliphatic rings. The highest BCUT2D eigenvalue weighted by Crippen LogP contribution is 2.35. The first-order valence-corrected chi connectivity index (χ1v) is 7.03. The molecule has 0 N–H and O–H groups in total. The Hall–Kier alpha value is -1.29. The standard InChI is InChI=1S/C14H20ClNO3/c1-3-4-5-6-8-11(2)19-13-10-7-9-12(15)14(13)16(17)18/h7,9-11H,3-6,8H2,1-2H3. The molecule has 0 fully saturated rings. The maximum Gasteiger partial charge on any atom is 0.329 e. The van der Waals surface area contributed by atoms with Gasteiger partial charge in [0.15, 0.2) is 5.75 Å². The normalized spacial score (nSPS) is 12.2. The van der Waals surface area contributed by atoms with E-state index in [0.717, 1.165) is 12.8 Å². The zero-order chi connectivity index (χ0) is 14.3. The Morgan fingerprint density at radius 2 is 2.11 bits per heavy atom. The van der Waals surface area contributed by atoms with E-state index in [2.05, 4.69) is 6.92 Å². The molecule has 4 nitrogen and oxygen atoms in total. The third-order valence-electron chi connectivity index (χ3n) is 2.92. The summed E-state index contributed by atoms with van der Waals surface area (Å²) in [5.74, 6) is 0.250. The van der Waals surface area contributed by atoms with Crippen molar-refractivity contribution in [2.75, 3.05) is 0 Å². The molecule has 0 aliphatic carbocycles. The van der Waals surface area contributed by atoms with Gasteiger partial charge in [-0.3, -0.25) is 10.1 Å². The van der Waals surface area contributed by atoms with Crippen LogP contribution in [0.2, 0.25) is 5.02 Å². The highest BCUT2D eigenvalue weighted by atomic mass is 35.5. The lowest BCUT2D eigenvalue weighted by Gasteiger charge is -2.14. The topological polar surface area (TPSA) is 52.4 Å². The molecule has 0 spiro atoms. The second kappa shape index (κ2) is 8.00. The van der Waals surface area contributed by atoms with E-state index < -0.39 is 4.92 Å². The van der Waals surface area contributed by atoms with Crippen molar-refractivity contribution >= 4 is 17.3 Å². The smallest absolute Gasteiger partial charge is 0.329 e. The Labute approximate surface area is 118 Å². The maximum atomic E-state index is 11.0. The Morgan fingerprint density at radius 1 is 1.37 bits per heavy atom. The molecule has 0 amide bonds. The van der Waals surface area contributed by atoms with Gasteiger partial charge in [-0.05, 0) is 31.9 Å². The number of benzene rings is 1. The molecule has 0 radical (unpaired) electrons. The summed E-state index contributed by atoms with van der Waals surface area (Å²) in [6.45, 7) is 4.09. The molecule has 0 saturated carbocycles. The lowest BCUT2D eigenvalue weighted by Crippen LogP contribution is -2.12. The van der Waals surface area contributed by atoms with E-state index in [0.29, 0.717) is 0 Å². The van der Waals surface area contributed by atoms with Crippen LogP contribution in [0.4, 0.5) is 5.69 Å². The summed E-state index contributed by atoms with van der Waals surface area (Å²) in [4.78, 5) is 10.5. The van der Waals surface area contributed by atoms with E-state index in [-0.39, 0.29) is 22.6 Å². The average Bonchev–Trinajstić information content (AvgIpc) is 2.34. The number of nitrogens with zero attached hydrogens (tertiary/aromatic N) is 1. The number of unbranched alkanes of at least 4 members (excludes halogenated alkanes) is 3. The first-order valence-electron chi connectivity index (χ1n) is 6.65. The quantitative estimate of drug-likeness (QED) is 0.384. The van der Waals surface area contributed by atoms with Crippen LogP contribution >= 0.6 is 11.6 Å². The van der Waals surface area contributed by atoms with Crippen LogP contribution in [0.5, 0.6) is 5.75 Å². The second-order valence-corrected chi connectivity index (χ2v) is 5.03. The van der Waals surface area contributed by atoms with Gasteiger partial charge >= 0.3 is 5.69 Å². The van der Waals surface area contributed by atoms with Gasteiger partial charge in [-0.15, -0.1) is 0 Å². The summed E-state index contributed by atoms with van der Waals surface area (Å²) in [6.07, 6.45) is 5.49. The minimum atomic E-state index is -0.499. The van der Waals surface area contributed by atoms with Crippen molar-refractivity contribution in [2.45, 2.75) is 52.1 Å². The minimum Gasteiger partial charge on any atom is -0.484 e. The zero-order valence-electron chi connectivity index (χ0n) is 11.4. The Morgan fingerprint density at radius 3 is 2.74 bits per heavy atom. The molecule has 19 heavy (non-hydrogen) atoms. The van der Waals surface area contributed by atoms with E-state index in [9.17, 15) is 10.1 Å². The highest BCUT2D eigenvalue weighted by Gasteiger charge is 2.21. The van der Waals surface area contributed by atoms with Gasteiger partial charge in [-0.25, -0.2) is 0 Å². The number of hydrogen-bond acceptors (Lipinski definition) is 3. The zero-order valence-corrected chi connectivity index (χ0v) is 12.2. The van der Waals surface area contributed by atoms with Crippen LogP contribution in [0, 0.1) is 10.1 Å². The van der Waals surface area contributed by atoms with E-state index in [4.69, 9.17) is 16.3 Å². The van der Waals surface area contributed by atoms with Gasteiger partial charge in [-0.1, -0.05) is 43.9 Å². The van der Waals surface area contributed by atoms with Gasteiger partial charge in [0.25, 0.3) is 0 Å². The molecule has 0 aromatic heterocycles. The van der Waals surface area contributed by atoms with E-state index >= 15 is 0 Å². The predicted octanol–water partition coefficient (Wildman–Crippen LogP) is 4.99. The number of hydrogen-bond donors (Lipinski definition) is 0.